The van der Waals surface area contributed by atoms with Gasteiger partial charge in [0.05, 0.1) is 0 Å². The van der Waals surface area contributed by atoms with Gasteiger partial charge in [-0.15, -0.1) is 13.2 Å². The Hall–Kier alpha value is -2.04. The summed E-state index contributed by atoms with van der Waals surface area (Å²) in [7, 11) is 0. The third-order valence-corrected chi connectivity index (χ3v) is 5.26. The molecule has 0 aromatic heterocycles. The van der Waals surface area contributed by atoms with Crippen LogP contribution in [0.5, 0.6) is 5.75 Å². The Bertz CT molecular complexity index is 765. The summed E-state index contributed by atoms with van der Waals surface area (Å²) in [5.74, 6) is -1.36. The van der Waals surface area contributed by atoms with Gasteiger partial charge in [-0.2, -0.15) is 0 Å². The van der Waals surface area contributed by atoms with Gasteiger partial charge in [0.2, 0.25) is 0 Å². The molecule has 0 radical (unpaired) electrons. The second-order valence-corrected chi connectivity index (χ2v) is 7.20. The van der Waals surface area contributed by atoms with Gasteiger partial charge in [0.25, 0.3) is 0 Å². The van der Waals surface area contributed by atoms with Gasteiger partial charge in [0, 0.05) is 0 Å². The molecule has 0 N–H and O–H groups in total. The molecule has 146 valence electrons. The first-order valence-corrected chi connectivity index (χ1v) is 9.52. The Morgan fingerprint density at radius 3 is 2.44 bits per heavy atom. The van der Waals surface area contributed by atoms with Gasteiger partial charge < -0.3 is 4.74 Å². The number of fused-ring (bicyclic) bond motifs is 1. The standard InChI is InChI=1S/C22H24F4O/c1-2-3-4-5-15-6-8-16(9-7-15)17-10-12-19-18(14-17)11-13-20(21(19)23)27-22(24,25)26/h6-9,11,13,17H,2-5,10,12,14H2,1H3. The van der Waals surface area contributed by atoms with E-state index in [9.17, 15) is 17.6 Å². The molecule has 0 aliphatic heterocycles. The molecule has 0 saturated carbocycles. The van der Waals surface area contributed by atoms with Crippen LogP contribution in [0.1, 0.15) is 60.8 Å². The zero-order valence-electron chi connectivity index (χ0n) is 15.4. The Morgan fingerprint density at radius 1 is 1.04 bits per heavy atom. The molecule has 0 saturated heterocycles. The zero-order valence-corrected chi connectivity index (χ0v) is 15.4. The maximum absolute atomic E-state index is 14.4. The molecule has 3 rings (SSSR count). The fraction of sp³-hybridized carbons (Fsp3) is 0.455. The number of unbranched alkanes of at least 4 members (excludes halogenated alkanes) is 2. The topological polar surface area (TPSA) is 9.23 Å². The van der Waals surface area contributed by atoms with Gasteiger partial charge in [-0.05, 0) is 66.3 Å². The fourth-order valence-corrected chi connectivity index (χ4v) is 3.81. The normalized spacial score (nSPS) is 16.9. The van der Waals surface area contributed by atoms with Crippen molar-refractivity contribution in [3.05, 3.63) is 64.5 Å². The van der Waals surface area contributed by atoms with E-state index in [0.29, 0.717) is 24.8 Å². The van der Waals surface area contributed by atoms with Crippen LogP contribution in [-0.4, -0.2) is 6.36 Å². The minimum atomic E-state index is -4.88. The molecule has 0 bridgehead atoms. The number of aryl methyl sites for hydroxylation is 1. The van der Waals surface area contributed by atoms with Crippen LogP contribution in [-0.2, 0) is 19.3 Å². The summed E-state index contributed by atoms with van der Waals surface area (Å²) in [4.78, 5) is 0. The van der Waals surface area contributed by atoms with Gasteiger partial charge >= 0.3 is 6.36 Å². The third-order valence-electron chi connectivity index (χ3n) is 5.26. The van der Waals surface area contributed by atoms with E-state index in [1.54, 1.807) is 6.07 Å². The van der Waals surface area contributed by atoms with Crippen molar-refractivity contribution in [1.29, 1.82) is 0 Å². The van der Waals surface area contributed by atoms with E-state index in [4.69, 9.17) is 0 Å². The molecule has 1 aliphatic rings. The van der Waals surface area contributed by atoms with E-state index in [1.807, 2.05) is 0 Å². The Morgan fingerprint density at radius 2 is 1.78 bits per heavy atom. The van der Waals surface area contributed by atoms with E-state index >= 15 is 0 Å². The van der Waals surface area contributed by atoms with Crippen molar-refractivity contribution in [2.75, 3.05) is 0 Å². The Balaban J connectivity index is 1.70. The average molecular weight is 380 g/mol. The van der Waals surface area contributed by atoms with Gasteiger partial charge in [-0.1, -0.05) is 50.1 Å². The van der Waals surface area contributed by atoms with Gasteiger partial charge in [-0.25, -0.2) is 4.39 Å². The number of hydrogen-bond donors (Lipinski definition) is 0. The van der Waals surface area contributed by atoms with E-state index in [1.165, 1.54) is 30.4 Å². The smallest absolute Gasteiger partial charge is 0.403 e. The number of hydrogen-bond acceptors (Lipinski definition) is 1. The van der Waals surface area contributed by atoms with Crippen molar-refractivity contribution in [2.24, 2.45) is 0 Å². The van der Waals surface area contributed by atoms with Crippen molar-refractivity contribution in [3.8, 4) is 5.75 Å². The monoisotopic (exact) mass is 380 g/mol. The molecule has 1 aliphatic carbocycles. The van der Waals surface area contributed by atoms with Crippen LogP contribution in [0, 0.1) is 5.82 Å². The fourth-order valence-electron chi connectivity index (χ4n) is 3.81. The third kappa shape index (κ3) is 5.02. The zero-order chi connectivity index (χ0) is 19.4. The molecular weight excluding hydrogens is 356 g/mol. The quantitative estimate of drug-likeness (QED) is 0.399. The summed E-state index contributed by atoms with van der Waals surface area (Å²) in [5.41, 5.74) is 3.65. The molecule has 0 fully saturated rings. The molecule has 0 heterocycles. The van der Waals surface area contributed by atoms with Crippen LogP contribution < -0.4 is 4.74 Å². The summed E-state index contributed by atoms with van der Waals surface area (Å²) in [5, 5.41) is 0. The number of alkyl halides is 3. The first-order chi connectivity index (χ1) is 12.9. The van der Waals surface area contributed by atoms with Crippen LogP contribution >= 0.6 is 0 Å². The highest BCUT2D eigenvalue weighted by Gasteiger charge is 2.34. The summed E-state index contributed by atoms with van der Waals surface area (Å²) in [6, 6.07) is 11.2. The van der Waals surface area contributed by atoms with Crippen LogP contribution in [0.25, 0.3) is 0 Å². The molecule has 2 aromatic carbocycles. The second-order valence-electron chi connectivity index (χ2n) is 7.20. The lowest BCUT2D eigenvalue weighted by Gasteiger charge is -2.26. The Labute approximate surface area is 157 Å². The number of benzene rings is 2. The highest BCUT2D eigenvalue weighted by molar-refractivity contribution is 5.41. The van der Waals surface area contributed by atoms with Crippen LogP contribution in [0.3, 0.4) is 0 Å². The van der Waals surface area contributed by atoms with E-state index in [-0.39, 0.29) is 5.92 Å². The molecule has 5 heteroatoms. The maximum atomic E-state index is 14.4. The SMILES string of the molecule is CCCCCc1ccc(C2CCc3c(ccc(OC(F)(F)F)c3F)C2)cc1. The molecule has 0 spiro atoms. The summed E-state index contributed by atoms with van der Waals surface area (Å²) >= 11 is 0. The highest BCUT2D eigenvalue weighted by atomic mass is 19.4. The van der Waals surface area contributed by atoms with Gasteiger partial charge in [-0.3, -0.25) is 0 Å². The van der Waals surface area contributed by atoms with Crippen LogP contribution in [0.2, 0.25) is 0 Å². The lowest BCUT2D eigenvalue weighted by molar-refractivity contribution is -0.275. The predicted molar refractivity (Wildman–Crippen MR) is 97.5 cm³/mol. The van der Waals surface area contributed by atoms with Gasteiger partial charge in [0.1, 0.15) is 0 Å². The first kappa shape index (κ1) is 19.7. The van der Waals surface area contributed by atoms with Crippen LogP contribution in [0.15, 0.2) is 36.4 Å². The second kappa shape index (κ2) is 8.32. The minimum absolute atomic E-state index is 0.260. The van der Waals surface area contributed by atoms with E-state index in [0.717, 1.165) is 18.1 Å². The van der Waals surface area contributed by atoms with E-state index in [2.05, 4.69) is 35.9 Å². The lowest BCUT2D eigenvalue weighted by Crippen LogP contribution is -2.20. The lowest BCUT2D eigenvalue weighted by atomic mass is 9.79. The predicted octanol–water partition coefficient (Wildman–Crippen LogP) is 6.73. The first-order valence-electron chi connectivity index (χ1n) is 9.52. The van der Waals surface area contributed by atoms with Crippen molar-refractivity contribution >= 4 is 0 Å². The average Bonchev–Trinajstić information content (AvgIpc) is 2.64. The van der Waals surface area contributed by atoms with Crippen LogP contribution in [0.4, 0.5) is 17.6 Å². The number of rotatable bonds is 6. The Kier molecular flexibility index (Phi) is 6.08. The molecule has 2 aromatic rings. The summed E-state index contributed by atoms with van der Waals surface area (Å²) in [6.45, 7) is 2.19. The largest absolute Gasteiger partial charge is 0.573 e. The molecular formula is C22H24F4O. The summed E-state index contributed by atoms with van der Waals surface area (Å²) in [6.07, 6.45) is 1.58. The van der Waals surface area contributed by atoms with Crippen molar-refractivity contribution in [3.63, 3.8) is 0 Å². The van der Waals surface area contributed by atoms with Crippen molar-refractivity contribution in [1.82, 2.24) is 0 Å². The van der Waals surface area contributed by atoms with Crippen molar-refractivity contribution in [2.45, 2.75) is 64.1 Å². The van der Waals surface area contributed by atoms with Crippen molar-refractivity contribution < 1.29 is 22.3 Å². The maximum Gasteiger partial charge on any atom is 0.573 e. The minimum Gasteiger partial charge on any atom is -0.403 e. The summed E-state index contributed by atoms with van der Waals surface area (Å²) < 4.78 is 55.3. The molecule has 27 heavy (non-hydrogen) atoms. The molecule has 1 unspecified atom stereocenters. The molecule has 1 nitrogen and oxygen atoms in total. The highest BCUT2D eigenvalue weighted by Crippen LogP contribution is 2.37. The van der Waals surface area contributed by atoms with Gasteiger partial charge in [0.15, 0.2) is 11.6 Å². The number of halogens is 4. The molecule has 0 amide bonds. The molecule has 1 atom stereocenters. The van der Waals surface area contributed by atoms with E-state index < -0.39 is 17.9 Å². The number of ether oxygens (including phenoxy) is 1.